The van der Waals surface area contributed by atoms with Crippen LogP contribution in [0.3, 0.4) is 0 Å². The molecule has 3 rings (SSSR count). The van der Waals surface area contributed by atoms with Crippen molar-refractivity contribution >= 4 is 23.2 Å². The minimum Gasteiger partial charge on any atom is -0.497 e. The summed E-state index contributed by atoms with van der Waals surface area (Å²) in [6.07, 6.45) is 1.84. The molecule has 1 aliphatic heterocycles. The van der Waals surface area contributed by atoms with E-state index in [4.69, 9.17) is 9.47 Å². The maximum atomic E-state index is 13.0. The molecule has 2 amide bonds. The van der Waals surface area contributed by atoms with E-state index in [-0.39, 0.29) is 24.9 Å². The van der Waals surface area contributed by atoms with Gasteiger partial charge in [0.1, 0.15) is 11.5 Å². The van der Waals surface area contributed by atoms with Crippen LogP contribution in [0.25, 0.3) is 0 Å². The van der Waals surface area contributed by atoms with Crippen molar-refractivity contribution in [1.29, 1.82) is 0 Å². The number of hydrogen-bond donors (Lipinski definition) is 1. The van der Waals surface area contributed by atoms with E-state index < -0.39 is 0 Å². The lowest BCUT2D eigenvalue weighted by Crippen LogP contribution is -2.44. The number of amides is 2. The van der Waals surface area contributed by atoms with E-state index in [0.29, 0.717) is 24.5 Å². The van der Waals surface area contributed by atoms with Crippen molar-refractivity contribution in [2.45, 2.75) is 19.8 Å². The van der Waals surface area contributed by atoms with Gasteiger partial charge < -0.3 is 19.7 Å². The van der Waals surface area contributed by atoms with E-state index in [9.17, 15) is 9.59 Å². The van der Waals surface area contributed by atoms with Crippen molar-refractivity contribution in [3.63, 3.8) is 0 Å². The lowest BCUT2D eigenvalue weighted by molar-refractivity contribution is -0.121. The molecule has 160 valence electrons. The van der Waals surface area contributed by atoms with Crippen molar-refractivity contribution in [1.82, 2.24) is 4.90 Å². The van der Waals surface area contributed by atoms with Crippen LogP contribution in [-0.4, -0.2) is 57.1 Å². The molecule has 7 nitrogen and oxygen atoms in total. The van der Waals surface area contributed by atoms with Gasteiger partial charge in [-0.2, -0.15) is 0 Å². The molecule has 7 heteroatoms. The summed E-state index contributed by atoms with van der Waals surface area (Å²) in [5.41, 5.74) is 2.72. The quantitative estimate of drug-likeness (QED) is 0.723. The zero-order valence-corrected chi connectivity index (χ0v) is 17.8. The first-order valence-corrected chi connectivity index (χ1v) is 10.2. The monoisotopic (exact) mass is 411 g/mol. The zero-order valence-electron chi connectivity index (χ0n) is 17.8. The van der Waals surface area contributed by atoms with E-state index in [1.165, 1.54) is 0 Å². The molecule has 1 N–H and O–H groups in total. The Kier molecular flexibility index (Phi) is 7.30. The molecule has 1 heterocycles. The number of carbonyl (C=O) groups is 2. The maximum absolute atomic E-state index is 13.0. The summed E-state index contributed by atoms with van der Waals surface area (Å²) in [5, 5.41) is 2.86. The third kappa shape index (κ3) is 5.30. The second kappa shape index (κ2) is 10.1. The van der Waals surface area contributed by atoms with Crippen molar-refractivity contribution in [2.75, 3.05) is 50.6 Å². The van der Waals surface area contributed by atoms with Crippen LogP contribution in [0.15, 0.2) is 42.5 Å². The molecule has 0 aromatic heterocycles. The summed E-state index contributed by atoms with van der Waals surface area (Å²) in [7, 11) is 3.23. The Balaban J connectivity index is 1.62. The molecule has 0 radical (unpaired) electrons. The van der Waals surface area contributed by atoms with Crippen LogP contribution >= 0.6 is 0 Å². The van der Waals surface area contributed by atoms with Crippen molar-refractivity contribution in [3.05, 3.63) is 48.0 Å². The fraction of sp³-hybridized carbons (Fsp3) is 0.391. The Bertz CT molecular complexity index is 900. The molecule has 0 aliphatic carbocycles. The molecule has 0 unspecified atom stereocenters. The third-order valence-corrected chi connectivity index (χ3v) is 5.23. The number of methoxy groups -OCH3 is 2. The third-order valence-electron chi connectivity index (χ3n) is 5.23. The largest absolute Gasteiger partial charge is 0.497 e. The van der Waals surface area contributed by atoms with E-state index >= 15 is 0 Å². The molecule has 2 aromatic carbocycles. The Hall–Kier alpha value is -3.06. The number of aryl methyl sites for hydroxylation is 1. The molecular formula is C23H29N3O4. The lowest BCUT2D eigenvalue weighted by atomic mass is 10.0. The van der Waals surface area contributed by atoms with Gasteiger partial charge in [-0.15, -0.1) is 0 Å². The minimum atomic E-state index is -0.165. The number of carbonyl (C=O) groups excluding carboxylic acids is 2. The van der Waals surface area contributed by atoms with Crippen LogP contribution in [0.2, 0.25) is 0 Å². The number of hydrogen-bond acceptors (Lipinski definition) is 5. The van der Waals surface area contributed by atoms with Crippen LogP contribution in [-0.2, 0) is 16.0 Å². The van der Waals surface area contributed by atoms with E-state index in [2.05, 4.69) is 5.32 Å². The van der Waals surface area contributed by atoms with E-state index in [0.717, 1.165) is 29.8 Å². The van der Waals surface area contributed by atoms with E-state index in [1.54, 1.807) is 26.4 Å². The summed E-state index contributed by atoms with van der Waals surface area (Å²) in [4.78, 5) is 29.2. The van der Waals surface area contributed by atoms with Crippen LogP contribution in [0.1, 0.15) is 18.9 Å². The molecule has 1 aliphatic rings. The second-order valence-electron chi connectivity index (χ2n) is 7.23. The van der Waals surface area contributed by atoms with Gasteiger partial charge in [0, 0.05) is 24.0 Å². The molecule has 0 saturated heterocycles. The molecule has 30 heavy (non-hydrogen) atoms. The number of benzene rings is 2. The first-order chi connectivity index (χ1) is 14.5. The predicted molar refractivity (Wildman–Crippen MR) is 117 cm³/mol. The highest BCUT2D eigenvalue weighted by Gasteiger charge is 2.24. The van der Waals surface area contributed by atoms with Gasteiger partial charge in [0.25, 0.3) is 0 Å². The summed E-state index contributed by atoms with van der Waals surface area (Å²) in [6, 6.07) is 13.0. The Morgan fingerprint density at radius 3 is 2.57 bits per heavy atom. The Morgan fingerprint density at radius 2 is 1.83 bits per heavy atom. The summed E-state index contributed by atoms with van der Waals surface area (Å²) >= 11 is 0. The molecule has 0 atom stereocenters. The van der Waals surface area contributed by atoms with Gasteiger partial charge in [0.15, 0.2) is 0 Å². The smallest absolute Gasteiger partial charge is 0.241 e. The van der Waals surface area contributed by atoms with Crippen LogP contribution in [0.5, 0.6) is 11.5 Å². The van der Waals surface area contributed by atoms with Crippen molar-refractivity contribution < 1.29 is 19.1 Å². The standard InChI is InChI=1S/C23H29N3O4/c1-4-25(15-22(27)24-18-8-5-9-19(14-18)29-2)16-23(28)26-12-6-7-17-13-20(30-3)10-11-21(17)26/h5,8-11,13-14H,4,6-7,12,15-16H2,1-3H3,(H,24,27). The van der Waals surface area contributed by atoms with Crippen LogP contribution < -0.4 is 19.7 Å². The molecule has 0 fully saturated rings. The first-order valence-electron chi connectivity index (χ1n) is 10.2. The minimum absolute atomic E-state index is 0.00264. The van der Waals surface area contributed by atoms with Crippen LogP contribution in [0, 0.1) is 0 Å². The molecule has 0 spiro atoms. The number of likely N-dealkylation sites (N-methyl/N-ethyl adjacent to an activating group) is 1. The normalized spacial score (nSPS) is 13.0. The number of ether oxygens (including phenoxy) is 2. The maximum Gasteiger partial charge on any atom is 0.241 e. The Labute approximate surface area is 177 Å². The fourth-order valence-corrected chi connectivity index (χ4v) is 3.62. The van der Waals surface area contributed by atoms with Gasteiger partial charge in [-0.25, -0.2) is 0 Å². The topological polar surface area (TPSA) is 71.1 Å². The van der Waals surface area contributed by atoms with E-state index in [1.807, 2.05) is 47.1 Å². The molecule has 0 saturated carbocycles. The van der Waals surface area contributed by atoms with Crippen LogP contribution in [0.4, 0.5) is 11.4 Å². The average Bonchev–Trinajstić information content (AvgIpc) is 2.77. The van der Waals surface area contributed by atoms with Gasteiger partial charge in [0.05, 0.1) is 27.3 Å². The average molecular weight is 412 g/mol. The zero-order chi connectivity index (χ0) is 21.5. The van der Waals surface area contributed by atoms with Gasteiger partial charge in [0.2, 0.25) is 11.8 Å². The summed E-state index contributed by atoms with van der Waals surface area (Å²) < 4.78 is 10.5. The summed E-state index contributed by atoms with van der Waals surface area (Å²) in [6.45, 7) is 3.56. The highest BCUT2D eigenvalue weighted by atomic mass is 16.5. The highest BCUT2D eigenvalue weighted by molar-refractivity contribution is 5.97. The van der Waals surface area contributed by atoms with Crippen molar-refractivity contribution in [3.8, 4) is 11.5 Å². The Morgan fingerprint density at radius 1 is 1.07 bits per heavy atom. The second-order valence-corrected chi connectivity index (χ2v) is 7.23. The molecule has 0 bridgehead atoms. The number of anilines is 2. The first kappa shape index (κ1) is 21.6. The summed E-state index contributed by atoms with van der Waals surface area (Å²) in [5.74, 6) is 1.31. The highest BCUT2D eigenvalue weighted by Crippen LogP contribution is 2.30. The van der Waals surface area contributed by atoms with Gasteiger partial charge >= 0.3 is 0 Å². The van der Waals surface area contributed by atoms with Crippen molar-refractivity contribution in [2.24, 2.45) is 0 Å². The predicted octanol–water partition coefficient (Wildman–Crippen LogP) is 2.94. The lowest BCUT2D eigenvalue weighted by Gasteiger charge is -2.31. The number of nitrogens with zero attached hydrogens (tertiary/aromatic N) is 2. The molecule has 2 aromatic rings. The SMILES string of the molecule is CCN(CC(=O)Nc1cccc(OC)c1)CC(=O)N1CCCc2cc(OC)ccc21. The van der Waals surface area contributed by atoms with Gasteiger partial charge in [-0.1, -0.05) is 13.0 Å². The van der Waals surface area contributed by atoms with Gasteiger partial charge in [-0.05, 0) is 55.3 Å². The number of fused-ring (bicyclic) bond motifs is 1. The molecular weight excluding hydrogens is 382 g/mol. The number of rotatable bonds is 8. The fourth-order valence-electron chi connectivity index (χ4n) is 3.62. The number of nitrogens with one attached hydrogen (secondary N) is 1. The van der Waals surface area contributed by atoms with Gasteiger partial charge in [-0.3, -0.25) is 14.5 Å².